The molecule has 70 valence electrons. The summed E-state index contributed by atoms with van der Waals surface area (Å²) < 4.78 is 0. The van der Waals surface area contributed by atoms with Crippen LogP contribution < -0.4 is 5.73 Å². The summed E-state index contributed by atoms with van der Waals surface area (Å²) in [4.78, 5) is 6.99. The van der Waals surface area contributed by atoms with Crippen molar-refractivity contribution >= 4 is 5.84 Å². The molecule has 2 N–H and O–H groups in total. The highest BCUT2D eigenvalue weighted by Crippen LogP contribution is 2.15. The van der Waals surface area contributed by atoms with Gasteiger partial charge in [-0.1, -0.05) is 12.1 Å². The second-order valence-corrected chi connectivity index (χ2v) is 3.25. The maximum Gasteiger partial charge on any atom is 0.254 e. The maximum absolute atomic E-state index is 5.69. The molecular formula is C8H17N3O. The van der Waals surface area contributed by atoms with Gasteiger partial charge < -0.3 is 9.74 Å². The van der Waals surface area contributed by atoms with Crippen LogP contribution in [0.4, 0.5) is 0 Å². The monoisotopic (exact) mass is 171 g/mol. The van der Waals surface area contributed by atoms with Gasteiger partial charge in [-0.15, -0.1) is 0 Å². The van der Waals surface area contributed by atoms with Crippen LogP contribution in [0.1, 0.15) is 33.6 Å². The first-order chi connectivity index (χ1) is 5.66. The third kappa shape index (κ3) is 1.69. The minimum Gasteiger partial charge on any atom is -0.352 e. The summed E-state index contributed by atoms with van der Waals surface area (Å²) in [5.41, 5.74) is 5.69. The van der Waals surface area contributed by atoms with E-state index in [-0.39, 0.29) is 6.35 Å². The summed E-state index contributed by atoms with van der Waals surface area (Å²) in [6.45, 7) is 6.28. The standard InChI is InChI=1S/C8H17N3O/c1-4-5-7-10-12-8(9)11(7)6(2)3/h6,8H,4-5,9H2,1-3H3. The molecule has 1 aliphatic rings. The Morgan fingerprint density at radius 3 is 2.83 bits per heavy atom. The van der Waals surface area contributed by atoms with Gasteiger partial charge >= 0.3 is 0 Å². The molecule has 0 aromatic carbocycles. The zero-order valence-electron chi connectivity index (χ0n) is 7.95. The lowest BCUT2D eigenvalue weighted by Crippen LogP contribution is -2.46. The molecule has 0 bridgehead atoms. The van der Waals surface area contributed by atoms with Gasteiger partial charge in [0, 0.05) is 12.5 Å². The average molecular weight is 171 g/mol. The molecule has 0 saturated heterocycles. The summed E-state index contributed by atoms with van der Waals surface area (Å²) in [6, 6.07) is 0.354. The van der Waals surface area contributed by atoms with Crippen LogP contribution in [0.25, 0.3) is 0 Å². The summed E-state index contributed by atoms with van der Waals surface area (Å²) in [5.74, 6) is 0.972. The molecule has 0 fully saturated rings. The van der Waals surface area contributed by atoms with E-state index in [1.165, 1.54) is 0 Å². The van der Waals surface area contributed by atoms with Gasteiger partial charge in [-0.2, -0.15) is 0 Å². The van der Waals surface area contributed by atoms with Crippen LogP contribution in [0.2, 0.25) is 0 Å². The van der Waals surface area contributed by atoms with Gasteiger partial charge in [0.2, 0.25) is 0 Å². The van der Waals surface area contributed by atoms with Gasteiger partial charge in [-0.25, -0.2) is 0 Å². The largest absolute Gasteiger partial charge is 0.352 e. The van der Waals surface area contributed by atoms with Crippen LogP contribution >= 0.6 is 0 Å². The second-order valence-electron chi connectivity index (χ2n) is 3.25. The highest BCUT2D eigenvalue weighted by molar-refractivity contribution is 5.83. The lowest BCUT2D eigenvalue weighted by atomic mass is 10.2. The van der Waals surface area contributed by atoms with Crippen molar-refractivity contribution in [3.8, 4) is 0 Å². The molecule has 1 unspecified atom stereocenters. The van der Waals surface area contributed by atoms with Gasteiger partial charge in [0.15, 0.2) is 0 Å². The number of hydrogen-bond donors (Lipinski definition) is 1. The fraction of sp³-hybridized carbons (Fsp3) is 0.875. The van der Waals surface area contributed by atoms with Gasteiger partial charge in [-0.05, 0) is 20.3 Å². The fourth-order valence-corrected chi connectivity index (χ4v) is 1.35. The number of nitrogens with two attached hydrogens (primary N) is 1. The van der Waals surface area contributed by atoms with Crippen molar-refractivity contribution in [1.82, 2.24) is 4.90 Å². The van der Waals surface area contributed by atoms with Gasteiger partial charge in [0.05, 0.1) is 0 Å². The summed E-state index contributed by atoms with van der Waals surface area (Å²) in [5, 5.41) is 3.93. The molecule has 0 spiro atoms. The Morgan fingerprint density at radius 1 is 1.67 bits per heavy atom. The number of nitrogens with zero attached hydrogens (tertiary/aromatic N) is 2. The minimum absolute atomic E-state index is 0.354. The highest BCUT2D eigenvalue weighted by Gasteiger charge is 2.27. The van der Waals surface area contributed by atoms with Crippen molar-refractivity contribution in [3.05, 3.63) is 0 Å². The Morgan fingerprint density at radius 2 is 2.33 bits per heavy atom. The van der Waals surface area contributed by atoms with E-state index >= 15 is 0 Å². The van der Waals surface area contributed by atoms with E-state index in [4.69, 9.17) is 10.6 Å². The van der Waals surface area contributed by atoms with Crippen molar-refractivity contribution in [2.45, 2.75) is 46.0 Å². The van der Waals surface area contributed by atoms with E-state index in [1.54, 1.807) is 0 Å². The molecule has 0 aliphatic carbocycles. The summed E-state index contributed by atoms with van der Waals surface area (Å²) >= 11 is 0. The zero-order chi connectivity index (χ0) is 9.14. The second kappa shape index (κ2) is 3.76. The SMILES string of the molecule is CCCC1=NOC(N)N1C(C)C. The molecule has 1 heterocycles. The van der Waals surface area contributed by atoms with Crippen molar-refractivity contribution in [1.29, 1.82) is 0 Å². The first-order valence-electron chi connectivity index (χ1n) is 4.43. The first kappa shape index (κ1) is 9.32. The number of rotatable bonds is 3. The number of amidine groups is 1. The summed E-state index contributed by atoms with van der Waals surface area (Å²) in [6.07, 6.45) is 1.62. The normalized spacial score (nSPS) is 22.9. The molecule has 4 nitrogen and oxygen atoms in total. The molecule has 0 aromatic rings. The predicted octanol–water partition coefficient (Wildman–Crippen LogP) is 1.08. The first-order valence-corrected chi connectivity index (χ1v) is 4.43. The van der Waals surface area contributed by atoms with Crippen LogP contribution in [-0.4, -0.2) is 23.1 Å². The Kier molecular flexibility index (Phi) is 2.92. The molecule has 1 atom stereocenters. The van der Waals surface area contributed by atoms with Crippen LogP contribution in [0, 0.1) is 0 Å². The predicted molar refractivity (Wildman–Crippen MR) is 48.4 cm³/mol. The molecule has 4 heteroatoms. The number of oxime groups is 1. The molecular weight excluding hydrogens is 154 g/mol. The van der Waals surface area contributed by atoms with Crippen molar-refractivity contribution in [3.63, 3.8) is 0 Å². The average Bonchev–Trinajstić information content (AvgIpc) is 2.32. The molecule has 1 rings (SSSR count). The van der Waals surface area contributed by atoms with E-state index < -0.39 is 0 Å². The zero-order valence-corrected chi connectivity index (χ0v) is 7.95. The van der Waals surface area contributed by atoms with E-state index in [0.29, 0.717) is 6.04 Å². The van der Waals surface area contributed by atoms with Crippen molar-refractivity contribution < 1.29 is 4.84 Å². The highest BCUT2D eigenvalue weighted by atomic mass is 16.7. The molecule has 0 amide bonds. The Bertz CT molecular complexity index is 179. The smallest absolute Gasteiger partial charge is 0.254 e. The topological polar surface area (TPSA) is 50.9 Å². The Labute approximate surface area is 73.4 Å². The Balaban J connectivity index is 2.61. The third-order valence-electron chi connectivity index (χ3n) is 1.87. The van der Waals surface area contributed by atoms with Gasteiger partial charge in [-0.3, -0.25) is 5.73 Å². The van der Waals surface area contributed by atoms with E-state index in [0.717, 1.165) is 18.7 Å². The minimum atomic E-state index is -0.383. The Hall–Kier alpha value is -0.770. The lowest BCUT2D eigenvalue weighted by molar-refractivity contribution is 0.00449. The van der Waals surface area contributed by atoms with Crippen LogP contribution in [0.5, 0.6) is 0 Å². The van der Waals surface area contributed by atoms with Gasteiger partial charge in [0.25, 0.3) is 6.35 Å². The molecule has 12 heavy (non-hydrogen) atoms. The molecule has 0 radical (unpaired) electrons. The van der Waals surface area contributed by atoms with Crippen LogP contribution in [0.3, 0.4) is 0 Å². The van der Waals surface area contributed by atoms with Crippen molar-refractivity contribution in [2.24, 2.45) is 10.9 Å². The van der Waals surface area contributed by atoms with Crippen LogP contribution in [-0.2, 0) is 4.84 Å². The maximum atomic E-state index is 5.69. The fourth-order valence-electron chi connectivity index (χ4n) is 1.35. The third-order valence-corrected chi connectivity index (χ3v) is 1.87. The van der Waals surface area contributed by atoms with E-state index in [9.17, 15) is 0 Å². The van der Waals surface area contributed by atoms with Gasteiger partial charge in [0.1, 0.15) is 5.84 Å². The van der Waals surface area contributed by atoms with E-state index in [1.807, 2.05) is 4.90 Å². The lowest BCUT2D eigenvalue weighted by Gasteiger charge is -2.26. The molecule has 1 aliphatic heterocycles. The quantitative estimate of drug-likeness (QED) is 0.691. The van der Waals surface area contributed by atoms with Crippen LogP contribution in [0.15, 0.2) is 5.16 Å². The van der Waals surface area contributed by atoms with E-state index in [2.05, 4.69) is 25.9 Å². The molecule has 0 saturated carbocycles. The van der Waals surface area contributed by atoms with Crippen molar-refractivity contribution in [2.75, 3.05) is 0 Å². The molecule has 0 aromatic heterocycles. The number of hydrogen-bond acceptors (Lipinski definition) is 4. The summed E-state index contributed by atoms with van der Waals surface area (Å²) in [7, 11) is 0.